The van der Waals surface area contributed by atoms with E-state index in [4.69, 9.17) is 9.15 Å². The Morgan fingerprint density at radius 2 is 2.00 bits per heavy atom. The van der Waals surface area contributed by atoms with Crippen molar-refractivity contribution in [2.75, 3.05) is 6.61 Å². The van der Waals surface area contributed by atoms with Crippen molar-refractivity contribution in [1.82, 2.24) is 20.2 Å². The predicted molar refractivity (Wildman–Crippen MR) is 135 cm³/mol. The molecule has 0 fully saturated rings. The molecule has 0 saturated carbocycles. The van der Waals surface area contributed by atoms with Gasteiger partial charge in [-0.1, -0.05) is 18.2 Å². The number of hydrogen-bond donors (Lipinski definition) is 1. The normalized spacial score (nSPS) is 11.1. The fourth-order valence-electron chi connectivity index (χ4n) is 3.67. The molecule has 1 amide bonds. The Balaban J connectivity index is 1.28. The molecule has 5 rings (SSSR count). The molecule has 0 aliphatic heterocycles. The van der Waals surface area contributed by atoms with E-state index < -0.39 is 11.5 Å². The summed E-state index contributed by atoms with van der Waals surface area (Å²) in [7, 11) is 0. The van der Waals surface area contributed by atoms with Crippen LogP contribution in [-0.2, 0) is 4.79 Å². The van der Waals surface area contributed by atoms with Crippen LogP contribution in [0.25, 0.3) is 27.9 Å². The van der Waals surface area contributed by atoms with Crippen LogP contribution in [0.15, 0.2) is 99.6 Å². The van der Waals surface area contributed by atoms with E-state index in [-0.39, 0.29) is 6.61 Å². The molecule has 0 spiro atoms. The highest BCUT2D eigenvalue weighted by Crippen LogP contribution is 2.23. The average molecular weight is 479 g/mol. The number of carbonyl (C=O) groups excluding carboxylic acids is 1. The van der Waals surface area contributed by atoms with Crippen molar-refractivity contribution >= 4 is 23.1 Å². The van der Waals surface area contributed by atoms with Crippen LogP contribution in [0.1, 0.15) is 11.1 Å². The van der Waals surface area contributed by atoms with Gasteiger partial charge in [0.25, 0.3) is 5.91 Å². The molecule has 0 radical (unpaired) electrons. The van der Waals surface area contributed by atoms with Gasteiger partial charge in [-0.15, -0.1) is 0 Å². The van der Waals surface area contributed by atoms with Crippen molar-refractivity contribution in [3.05, 3.63) is 107 Å². The van der Waals surface area contributed by atoms with E-state index in [0.717, 1.165) is 22.2 Å². The summed E-state index contributed by atoms with van der Waals surface area (Å²) in [5.41, 5.74) is 6.32. The van der Waals surface area contributed by atoms with Gasteiger partial charge in [0.1, 0.15) is 17.0 Å². The maximum atomic E-state index is 12.3. The predicted octanol–water partition coefficient (Wildman–Crippen LogP) is 3.88. The third kappa shape index (κ3) is 5.05. The van der Waals surface area contributed by atoms with Crippen molar-refractivity contribution in [3.8, 4) is 22.7 Å². The molecule has 0 aliphatic carbocycles. The lowest BCUT2D eigenvalue weighted by atomic mass is 10.1. The molecule has 9 heteroatoms. The molecule has 1 N–H and O–H groups in total. The molecule has 0 bridgehead atoms. The van der Waals surface area contributed by atoms with E-state index in [1.165, 1.54) is 12.3 Å². The molecule has 9 nitrogen and oxygen atoms in total. The Kier molecular flexibility index (Phi) is 6.35. The third-order valence-electron chi connectivity index (χ3n) is 5.38. The zero-order chi connectivity index (χ0) is 24.9. The number of fused-ring (bicyclic) bond motifs is 1. The lowest BCUT2D eigenvalue weighted by Gasteiger charge is -2.06. The van der Waals surface area contributed by atoms with Crippen LogP contribution in [0.2, 0.25) is 0 Å². The average Bonchev–Trinajstić information content (AvgIpc) is 3.32. The van der Waals surface area contributed by atoms with Crippen LogP contribution in [-0.4, -0.2) is 33.5 Å². The number of rotatable bonds is 7. The summed E-state index contributed by atoms with van der Waals surface area (Å²) >= 11 is 0. The number of aryl methyl sites for hydroxylation is 1. The highest BCUT2D eigenvalue weighted by molar-refractivity contribution is 5.89. The lowest BCUT2D eigenvalue weighted by Crippen LogP contribution is -2.24. The minimum Gasteiger partial charge on any atom is -0.484 e. The van der Waals surface area contributed by atoms with E-state index in [0.29, 0.717) is 22.6 Å². The van der Waals surface area contributed by atoms with Gasteiger partial charge in [-0.25, -0.2) is 14.9 Å². The van der Waals surface area contributed by atoms with Gasteiger partial charge in [0.15, 0.2) is 6.61 Å². The van der Waals surface area contributed by atoms with Crippen molar-refractivity contribution in [2.45, 2.75) is 6.92 Å². The minimum absolute atomic E-state index is 0.266. The molecular weight excluding hydrogens is 458 g/mol. The van der Waals surface area contributed by atoms with Crippen LogP contribution in [0.5, 0.6) is 5.75 Å². The van der Waals surface area contributed by atoms with E-state index in [2.05, 4.69) is 20.6 Å². The molecule has 0 atom stereocenters. The largest absolute Gasteiger partial charge is 0.484 e. The second-order valence-electron chi connectivity index (χ2n) is 7.94. The van der Waals surface area contributed by atoms with Gasteiger partial charge < -0.3 is 9.15 Å². The summed E-state index contributed by atoms with van der Waals surface area (Å²) in [6.45, 7) is 1.56. The Labute approximate surface area is 205 Å². The summed E-state index contributed by atoms with van der Waals surface area (Å²) in [5, 5.41) is 9.56. The number of hydrogen-bond acceptors (Lipinski definition) is 7. The van der Waals surface area contributed by atoms with E-state index in [1.807, 2.05) is 55.6 Å². The summed E-state index contributed by atoms with van der Waals surface area (Å²) in [4.78, 5) is 28.1. The van der Waals surface area contributed by atoms with Crippen LogP contribution in [0.3, 0.4) is 0 Å². The highest BCUT2D eigenvalue weighted by Gasteiger charge is 2.12. The fourth-order valence-corrected chi connectivity index (χ4v) is 3.67. The summed E-state index contributed by atoms with van der Waals surface area (Å²) in [5.74, 6) is -0.0474. The molecule has 0 saturated heterocycles. The zero-order valence-electron chi connectivity index (χ0n) is 19.3. The lowest BCUT2D eigenvalue weighted by molar-refractivity contribution is -0.123. The molecule has 2 aromatic carbocycles. The number of pyridine rings is 1. The van der Waals surface area contributed by atoms with E-state index >= 15 is 0 Å². The molecule has 5 aromatic rings. The smallest absolute Gasteiger partial charge is 0.336 e. The first-order valence-electron chi connectivity index (χ1n) is 11.1. The van der Waals surface area contributed by atoms with Gasteiger partial charge in [0.2, 0.25) is 0 Å². The van der Waals surface area contributed by atoms with Crippen LogP contribution >= 0.6 is 0 Å². The van der Waals surface area contributed by atoms with E-state index in [1.54, 1.807) is 35.3 Å². The molecule has 0 unspecified atom stereocenters. The maximum absolute atomic E-state index is 12.3. The summed E-state index contributed by atoms with van der Waals surface area (Å²) in [6, 6.07) is 19.9. The van der Waals surface area contributed by atoms with Crippen molar-refractivity contribution in [3.63, 3.8) is 0 Å². The maximum Gasteiger partial charge on any atom is 0.336 e. The van der Waals surface area contributed by atoms with Gasteiger partial charge in [-0.3, -0.25) is 9.78 Å². The second-order valence-corrected chi connectivity index (χ2v) is 7.94. The Morgan fingerprint density at radius 3 is 2.81 bits per heavy atom. The number of benzene rings is 2. The first kappa shape index (κ1) is 22.7. The van der Waals surface area contributed by atoms with Gasteiger partial charge in [-0.2, -0.15) is 10.2 Å². The number of ether oxygens (including phenoxy) is 1. The van der Waals surface area contributed by atoms with Gasteiger partial charge >= 0.3 is 5.63 Å². The Hall–Kier alpha value is -5.05. The molecule has 3 aromatic heterocycles. The van der Waals surface area contributed by atoms with Crippen LogP contribution in [0, 0.1) is 6.92 Å². The molecule has 36 heavy (non-hydrogen) atoms. The number of amides is 1. The summed E-state index contributed by atoms with van der Waals surface area (Å²) < 4.78 is 12.5. The van der Waals surface area contributed by atoms with Gasteiger partial charge in [0, 0.05) is 47.2 Å². The minimum atomic E-state index is -0.449. The molecular formula is C27H21N5O4. The van der Waals surface area contributed by atoms with Gasteiger partial charge in [0.05, 0.1) is 11.9 Å². The van der Waals surface area contributed by atoms with Crippen LogP contribution < -0.4 is 15.8 Å². The van der Waals surface area contributed by atoms with Crippen LogP contribution in [0.4, 0.5) is 0 Å². The molecule has 3 heterocycles. The van der Waals surface area contributed by atoms with E-state index in [9.17, 15) is 9.59 Å². The number of nitrogens with zero attached hydrogens (tertiary/aromatic N) is 4. The number of para-hydroxylation sites is 1. The first-order valence-corrected chi connectivity index (χ1v) is 11.1. The third-order valence-corrected chi connectivity index (χ3v) is 5.38. The Bertz CT molecular complexity index is 1610. The van der Waals surface area contributed by atoms with Crippen molar-refractivity contribution in [2.24, 2.45) is 5.10 Å². The number of hydrazone groups is 1. The SMILES string of the molecule is Cc1cc(=O)oc2cc(OCC(=O)N/N=C/c3cn(-c4ccccc4)nc3-c3cccnc3)ccc12. The zero-order valence-corrected chi connectivity index (χ0v) is 19.3. The Morgan fingerprint density at radius 1 is 1.14 bits per heavy atom. The molecule has 0 aliphatic rings. The first-order chi connectivity index (χ1) is 17.6. The molecule has 178 valence electrons. The second kappa shape index (κ2) is 10.1. The number of carbonyl (C=O) groups is 1. The van der Waals surface area contributed by atoms with Crippen molar-refractivity contribution in [1.29, 1.82) is 0 Å². The number of aromatic nitrogens is 3. The van der Waals surface area contributed by atoms with Crippen molar-refractivity contribution < 1.29 is 13.9 Å². The quantitative estimate of drug-likeness (QED) is 0.215. The monoisotopic (exact) mass is 479 g/mol. The fraction of sp³-hybridized carbons (Fsp3) is 0.0741. The number of nitrogens with one attached hydrogen (secondary N) is 1. The standard InChI is InChI=1S/C27H21N5O4/c1-18-12-26(34)36-24-13-22(9-10-23(18)24)35-17-25(33)30-29-15-20-16-32(21-7-3-2-4-8-21)31-27(20)19-6-5-11-28-14-19/h2-16H,17H2,1H3,(H,30,33)/b29-15+. The summed E-state index contributed by atoms with van der Waals surface area (Å²) in [6.07, 6.45) is 6.76. The highest BCUT2D eigenvalue weighted by atomic mass is 16.5. The topological polar surface area (TPSA) is 112 Å². The van der Waals surface area contributed by atoms with Gasteiger partial charge in [-0.05, 0) is 48.9 Å².